The van der Waals surface area contributed by atoms with Gasteiger partial charge < -0.3 is 23.6 Å². The highest BCUT2D eigenvalue weighted by molar-refractivity contribution is 6.72. The fraction of sp³-hybridized carbons (Fsp3) is 0.261. The highest BCUT2D eigenvalue weighted by Crippen LogP contribution is 2.60. The maximum atomic E-state index is 16.6. The molecule has 0 saturated carbocycles. The van der Waals surface area contributed by atoms with Gasteiger partial charge in [-0.05, 0) is 85.2 Å². The number of halogens is 2. The predicted molar refractivity (Wildman–Crippen MR) is 227 cm³/mol. The summed E-state index contributed by atoms with van der Waals surface area (Å²) in [7, 11) is -3.45. The van der Waals surface area contributed by atoms with E-state index in [0.29, 0.717) is 63.4 Å². The molecular weight excluding hydrogens is 785 g/mol. The number of nitrogens with zero attached hydrogens (tertiary/aromatic N) is 5. The molecule has 0 aliphatic carbocycles. The molecule has 3 aliphatic rings. The number of anilines is 3. The molecule has 2 amide bonds. The lowest BCUT2D eigenvalue weighted by atomic mass is 9.82. The topological polar surface area (TPSA) is 110 Å². The number of hydrogen-bond donors (Lipinski definition) is 1. The maximum absolute atomic E-state index is 16.6. The summed E-state index contributed by atoms with van der Waals surface area (Å²) in [5.41, 5.74) is 3.22. The Morgan fingerprint density at radius 1 is 0.898 bits per heavy atom. The summed E-state index contributed by atoms with van der Waals surface area (Å²) < 4.78 is 31.5. The number of hydrogen-bond acceptors (Lipinski definition) is 7. The van der Waals surface area contributed by atoms with Crippen molar-refractivity contribution in [2.75, 3.05) is 16.4 Å². The van der Waals surface area contributed by atoms with Crippen molar-refractivity contribution in [2.45, 2.75) is 62.7 Å². The summed E-state index contributed by atoms with van der Waals surface area (Å²) in [6.07, 6.45) is 1.59. The molecule has 5 atom stereocenters. The van der Waals surface area contributed by atoms with Gasteiger partial charge in [0.05, 0.1) is 47.8 Å². The van der Waals surface area contributed by atoms with E-state index in [-0.39, 0.29) is 30.9 Å². The van der Waals surface area contributed by atoms with Crippen LogP contribution in [-0.2, 0) is 28.2 Å². The van der Waals surface area contributed by atoms with E-state index < -0.39 is 31.6 Å². The molecule has 1 fully saturated rings. The van der Waals surface area contributed by atoms with E-state index in [2.05, 4.69) is 10.3 Å². The molecule has 300 valence electrons. The molecule has 0 bridgehead atoms. The molecule has 4 heterocycles. The summed E-state index contributed by atoms with van der Waals surface area (Å²) >= 11 is 6.65. The summed E-state index contributed by atoms with van der Waals surface area (Å²) in [5, 5.41) is 19.4. The van der Waals surface area contributed by atoms with Gasteiger partial charge in [0.25, 0.3) is 11.8 Å². The number of amides is 2. The minimum atomic E-state index is -3.45. The second kappa shape index (κ2) is 15.2. The number of aliphatic hydroxyl groups excluding tert-OH is 1. The standard InChI is InChI=1S/C46H43ClFN5O5Si/c1-29-43(59(2,3)48)42(22-23-51-27-37(49-50-51)35(28-54)31-13-5-4-6-14-31)58-46(29)36-25-32(47)20-21-38(36)52(45(46)56)26-30-12-11-15-33(24-30)53-39-17-8-10-19-41(39)57-40-18-9-7-16-34(40)44(53)55/h4-21,24-25,27,29,35,42-43,54H,22-23,26,28H2,1-3H3/t29-,35?,42+,43-,46+/m0/s1. The number of benzene rings is 5. The van der Waals surface area contributed by atoms with Crippen LogP contribution >= 0.6 is 11.6 Å². The molecule has 1 saturated heterocycles. The van der Waals surface area contributed by atoms with E-state index in [0.717, 1.165) is 11.1 Å². The fourth-order valence-electron chi connectivity index (χ4n) is 9.38. The van der Waals surface area contributed by atoms with Crippen molar-refractivity contribution in [2.24, 2.45) is 5.92 Å². The van der Waals surface area contributed by atoms with Crippen LogP contribution in [0.1, 0.15) is 52.0 Å². The number of carbonyl (C=O) groups is 2. The molecule has 13 heteroatoms. The SMILES string of the molecule is C[C@H]1[C@H]([Si](C)(C)F)[C@@H](CCn2cc(C(CO)c3ccccc3)nn2)O[C@]12C(=O)N(Cc1cccc(N3C(=O)c4ccccc4Oc4ccccc43)c1)c1ccc(Cl)cc12. The van der Waals surface area contributed by atoms with Crippen LogP contribution in [0.5, 0.6) is 11.5 Å². The number of ether oxygens (including phenoxy) is 2. The van der Waals surface area contributed by atoms with Crippen LogP contribution in [0.3, 0.4) is 0 Å². The normalized spacial score (nSPS) is 21.6. The predicted octanol–water partition coefficient (Wildman–Crippen LogP) is 9.55. The van der Waals surface area contributed by atoms with Crippen LogP contribution in [0.4, 0.5) is 21.2 Å². The van der Waals surface area contributed by atoms with Crippen LogP contribution in [0.15, 0.2) is 128 Å². The highest BCUT2D eigenvalue weighted by atomic mass is 35.5. The van der Waals surface area contributed by atoms with Crippen molar-refractivity contribution in [1.82, 2.24) is 15.0 Å². The Hall–Kier alpha value is -5.66. The fourth-order valence-corrected chi connectivity index (χ4v) is 12.1. The van der Waals surface area contributed by atoms with Crippen molar-refractivity contribution in [3.63, 3.8) is 0 Å². The lowest BCUT2D eigenvalue weighted by Crippen LogP contribution is -2.45. The zero-order chi connectivity index (χ0) is 41.1. The van der Waals surface area contributed by atoms with Crippen molar-refractivity contribution in [3.05, 3.63) is 160 Å². The Balaban J connectivity index is 1.02. The minimum Gasteiger partial charge on any atom is -0.454 e. The van der Waals surface area contributed by atoms with Crippen LogP contribution in [-0.4, -0.2) is 53.0 Å². The van der Waals surface area contributed by atoms with Crippen molar-refractivity contribution < 1.29 is 28.3 Å². The molecule has 1 N–H and O–H groups in total. The lowest BCUT2D eigenvalue weighted by Gasteiger charge is -2.31. The van der Waals surface area contributed by atoms with Gasteiger partial charge in [-0.15, -0.1) is 5.10 Å². The first kappa shape index (κ1) is 38.8. The van der Waals surface area contributed by atoms with E-state index >= 15 is 8.90 Å². The number of aryl methyl sites for hydroxylation is 1. The van der Waals surface area contributed by atoms with Crippen molar-refractivity contribution in [1.29, 1.82) is 0 Å². The Bertz CT molecular complexity index is 2570. The van der Waals surface area contributed by atoms with Crippen LogP contribution in [0, 0.1) is 5.92 Å². The smallest absolute Gasteiger partial charge is 0.266 e. The highest BCUT2D eigenvalue weighted by Gasteiger charge is 2.66. The summed E-state index contributed by atoms with van der Waals surface area (Å²) in [6, 6.07) is 37.1. The third-order valence-corrected chi connectivity index (χ3v) is 14.7. The third-order valence-electron chi connectivity index (χ3n) is 12.0. The molecule has 6 aromatic rings. The first-order valence-electron chi connectivity index (χ1n) is 19.8. The monoisotopic (exact) mass is 827 g/mol. The average molecular weight is 828 g/mol. The first-order chi connectivity index (χ1) is 28.5. The lowest BCUT2D eigenvalue weighted by molar-refractivity contribution is -0.146. The zero-order valence-corrected chi connectivity index (χ0v) is 34.6. The molecule has 9 rings (SSSR count). The van der Waals surface area contributed by atoms with Crippen LogP contribution < -0.4 is 14.5 Å². The van der Waals surface area contributed by atoms with Crippen molar-refractivity contribution in [3.8, 4) is 11.5 Å². The molecular formula is C46H43ClFN5O5Si. The quantitative estimate of drug-likeness (QED) is 0.108. The van der Waals surface area contributed by atoms with Gasteiger partial charge in [0.15, 0.2) is 11.4 Å². The molecule has 5 aromatic carbocycles. The maximum Gasteiger partial charge on any atom is 0.266 e. The summed E-state index contributed by atoms with van der Waals surface area (Å²) in [4.78, 5) is 32.7. The van der Waals surface area contributed by atoms with Gasteiger partial charge in [0.2, 0.25) is 8.41 Å². The summed E-state index contributed by atoms with van der Waals surface area (Å²) in [6.45, 7) is 5.68. The van der Waals surface area contributed by atoms with E-state index in [1.54, 1.807) is 51.8 Å². The Kier molecular flexibility index (Phi) is 9.99. The molecule has 1 spiro atoms. The third kappa shape index (κ3) is 6.73. The van der Waals surface area contributed by atoms with Gasteiger partial charge in [0, 0.05) is 40.5 Å². The van der Waals surface area contributed by atoms with E-state index in [4.69, 9.17) is 21.1 Å². The number of para-hydroxylation sites is 3. The van der Waals surface area contributed by atoms with Gasteiger partial charge in [-0.2, -0.15) is 0 Å². The zero-order valence-electron chi connectivity index (χ0n) is 32.8. The van der Waals surface area contributed by atoms with Gasteiger partial charge in [-0.1, -0.05) is 90.5 Å². The molecule has 10 nitrogen and oxygen atoms in total. The molecule has 59 heavy (non-hydrogen) atoms. The second-order valence-corrected chi connectivity index (χ2v) is 20.3. The Morgan fingerprint density at radius 2 is 1.64 bits per heavy atom. The first-order valence-corrected chi connectivity index (χ1v) is 23.1. The van der Waals surface area contributed by atoms with Crippen LogP contribution in [0.25, 0.3) is 0 Å². The van der Waals surface area contributed by atoms with Gasteiger partial charge in [-0.3, -0.25) is 19.2 Å². The van der Waals surface area contributed by atoms with Gasteiger partial charge in [0.1, 0.15) is 5.75 Å². The summed E-state index contributed by atoms with van der Waals surface area (Å²) in [5.74, 6) is -0.369. The second-order valence-electron chi connectivity index (χ2n) is 16.0. The number of aliphatic hydroxyl groups is 1. The number of carbonyl (C=O) groups excluding carboxylic acids is 2. The molecule has 0 radical (unpaired) electrons. The largest absolute Gasteiger partial charge is 0.454 e. The van der Waals surface area contributed by atoms with Crippen LogP contribution in [0.2, 0.25) is 23.7 Å². The number of fused-ring (bicyclic) bond motifs is 4. The Morgan fingerprint density at radius 3 is 2.42 bits per heavy atom. The van der Waals surface area contributed by atoms with Gasteiger partial charge in [-0.25, -0.2) is 0 Å². The molecule has 1 aromatic heterocycles. The number of rotatable bonds is 10. The van der Waals surface area contributed by atoms with E-state index in [1.807, 2.05) is 110 Å². The average Bonchev–Trinajstić information content (AvgIpc) is 3.86. The Labute approximate surface area is 347 Å². The van der Waals surface area contributed by atoms with Crippen molar-refractivity contribution >= 4 is 48.9 Å². The minimum absolute atomic E-state index is 0.128. The van der Waals surface area contributed by atoms with E-state index in [9.17, 15) is 9.90 Å². The molecule has 3 aliphatic heterocycles. The van der Waals surface area contributed by atoms with Gasteiger partial charge >= 0.3 is 0 Å². The van der Waals surface area contributed by atoms with E-state index in [1.165, 1.54) is 0 Å². The molecule has 1 unspecified atom stereocenters. The number of aromatic nitrogens is 3.